The molecule has 0 saturated heterocycles. The summed E-state index contributed by atoms with van der Waals surface area (Å²) in [5.74, 6) is 0.376. The molecule has 0 saturated carbocycles. The van der Waals surface area contributed by atoms with Crippen LogP contribution in [-0.4, -0.2) is 16.6 Å². The summed E-state index contributed by atoms with van der Waals surface area (Å²) in [6.45, 7) is 3.66. The summed E-state index contributed by atoms with van der Waals surface area (Å²) in [6, 6.07) is 6.32. The number of aliphatic hydroxyl groups is 1. The van der Waals surface area contributed by atoms with Crippen LogP contribution in [0.4, 0.5) is 5.69 Å². The summed E-state index contributed by atoms with van der Waals surface area (Å²) < 4.78 is 5.58. The van der Waals surface area contributed by atoms with Crippen LogP contribution in [-0.2, 0) is 5.60 Å². The van der Waals surface area contributed by atoms with Crippen LogP contribution in [0.1, 0.15) is 12.0 Å². The number of non-ortho nitro benzene ring substituents is 1. The lowest BCUT2D eigenvalue weighted by atomic mass is 9.85. The molecule has 1 atom stereocenters. The normalized spacial score (nSPS) is 20.1. The molecule has 21 heavy (non-hydrogen) atoms. The van der Waals surface area contributed by atoms with Gasteiger partial charge in [-0.25, -0.2) is 0 Å². The van der Waals surface area contributed by atoms with Crippen LogP contribution in [0.15, 0.2) is 36.9 Å². The van der Waals surface area contributed by atoms with Gasteiger partial charge in [-0.2, -0.15) is 0 Å². The maximum Gasteiger partial charge on any atom is 0.278 e. The first-order valence-corrected chi connectivity index (χ1v) is 6.72. The summed E-state index contributed by atoms with van der Waals surface area (Å²) in [5.41, 5.74) is -0.786. The van der Waals surface area contributed by atoms with Gasteiger partial charge in [0, 0.05) is 17.9 Å². The van der Waals surface area contributed by atoms with Crippen LogP contribution in [0.5, 0.6) is 5.75 Å². The largest absolute Gasteiger partial charge is 0.488 e. The summed E-state index contributed by atoms with van der Waals surface area (Å²) in [6.07, 6.45) is 1.87. The number of benzene rings is 2. The fourth-order valence-corrected chi connectivity index (χ4v) is 3.00. The number of halogens is 1. The molecule has 5 nitrogen and oxygen atoms in total. The van der Waals surface area contributed by atoms with Gasteiger partial charge < -0.3 is 9.84 Å². The van der Waals surface area contributed by atoms with E-state index in [1.165, 1.54) is 6.07 Å². The third-order valence-electron chi connectivity index (χ3n) is 3.68. The molecule has 0 aromatic heterocycles. The smallest absolute Gasteiger partial charge is 0.278 e. The monoisotopic (exact) mass is 305 g/mol. The molecule has 0 bridgehead atoms. The maximum absolute atomic E-state index is 11.2. The van der Waals surface area contributed by atoms with Gasteiger partial charge >= 0.3 is 0 Å². The lowest BCUT2D eigenvalue weighted by Crippen LogP contribution is -2.35. The molecule has 0 fully saturated rings. The van der Waals surface area contributed by atoms with E-state index in [1.807, 2.05) is 0 Å². The van der Waals surface area contributed by atoms with Gasteiger partial charge in [0.1, 0.15) is 18.0 Å². The van der Waals surface area contributed by atoms with Gasteiger partial charge in [-0.15, -0.1) is 6.58 Å². The Labute approximate surface area is 125 Å². The third-order valence-corrected chi connectivity index (χ3v) is 3.96. The molecule has 1 aliphatic heterocycles. The molecule has 3 rings (SSSR count). The zero-order valence-electron chi connectivity index (χ0n) is 11.0. The van der Waals surface area contributed by atoms with Crippen molar-refractivity contribution in [2.75, 3.05) is 6.61 Å². The molecule has 0 radical (unpaired) electrons. The van der Waals surface area contributed by atoms with Gasteiger partial charge in [0.05, 0.1) is 15.3 Å². The van der Waals surface area contributed by atoms with Crippen LogP contribution >= 0.6 is 11.6 Å². The van der Waals surface area contributed by atoms with Crippen LogP contribution < -0.4 is 4.74 Å². The zero-order chi connectivity index (χ0) is 15.2. The number of ether oxygens (including phenoxy) is 1. The Balaban J connectivity index is 2.43. The molecule has 1 aliphatic rings. The van der Waals surface area contributed by atoms with Crippen molar-refractivity contribution in [2.45, 2.75) is 12.0 Å². The molecule has 6 heteroatoms. The SMILES string of the molecule is C=CCC1(O)COc2c(Cl)cc([N+](=O)[O-])c3cccc1c23. The zero-order valence-corrected chi connectivity index (χ0v) is 11.8. The standard InChI is InChI=1S/C15H12ClNO4/c1-2-6-15(18)8-21-14-11(16)7-12(17(19)20)9-4-3-5-10(15)13(9)14/h2-5,7,18H,1,6,8H2. The molecule has 2 aromatic carbocycles. The van der Waals surface area contributed by atoms with E-state index in [4.69, 9.17) is 16.3 Å². The summed E-state index contributed by atoms with van der Waals surface area (Å²) in [7, 11) is 0. The van der Waals surface area contributed by atoms with E-state index in [9.17, 15) is 15.2 Å². The Morgan fingerprint density at radius 1 is 1.57 bits per heavy atom. The molecule has 0 aliphatic carbocycles. The van der Waals surface area contributed by atoms with E-state index in [-0.39, 0.29) is 23.7 Å². The highest BCUT2D eigenvalue weighted by Crippen LogP contribution is 2.47. The number of nitrogens with zero attached hydrogens (tertiary/aromatic N) is 1. The number of hydrogen-bond donors (Lipinski definition) is 1. The van der Waals surface area contributed by atoms with Gasteiger partial charge in [0.15, 0.2) is 0 Å². The van der Waals surface area contributed by atoms with Crippen LogP contribution in [0, 0.1) is 10.1 Å². The highest BCUT2D eigenvalue weighted by Gasteiger charge is 2.37. The summed E-state index contributed by atoms with van der Waals surface area (Å²) in [4.78, 5) is 10.7. The van der Waals surface area contributed by atoms with Crippen LogP contribution in [0.3, 0.4) is 0 Å². The minimum atomic E-state index is -1.26. The van der Waals surface area contributed by atoms with Crippen molar-refractivity contribution in [3.63, 3.8) is 0 Å². The first-order valence-electron chi connectivity index (χ1n) is 6.34. The maximum atomic E-state index is 11.2. The first kappa shape index (κ1) is 13.9. The fraction of sp³-hybridized carbons (Fsp3) is 0.200. The Bertz CT molecular complexity index is 774. The molecular weight excluding hydrogens is 294 g/mol. The Hall–Kier alpha value is -2.11. The van der Waals surface area contributed by atoms with Gasteiger partial charge in [-0.05, 0) is 11.6 Å². The predicted molar refractivity (Wildman–Crippen MR) is 79.8 cm³/mol. The van der Waals surface area contributed by atoms with Crippen molar-refractivity contribution in [1.82, 2.24) is 0 Å². The number of hydrogen-bond acceptors (Lipinski definition) is 4. The van der Waals surface area contributed by atoms with E-state index in [1.54, 1.807) is 24.3 Å². The minimum Gasteiger partial charge on any atom is -0.488 e. The highest BCUT2D eigenvalue weighted by atomic mass is 35.5. The molecule has 0 spiro atoms. The van der Waals surface area contributed by atoms with E-state index in [0.717, 1.165) is 0 Å². The molecule has 0 amide bonds. The third kappa shape index (κ3) is 1.97. The van der Waals surface area contributed by atoms with Gasteiger partial charge in [0.2, 0.25) is 0 Å². The molecule has 2 aromatic rings. The van der Waals surface area contributed by atoms with Crippen LogP contribution in [0.2, 0.25) is 5.02 Å². The van der Waals surface area contributed by atoms with Crippen molar-refractivity contribution >= 4 is 28.1 Å². The second-order valence-corrected chi connectivity index (χ2v) is 5.41. The van der Waals surface area contributed by atoms with Gasteiger partial charge in [-0.3, -0.25) is 10.1 Å². The van der Waals surface area contributed by atoms with Crippen molar-refractivity contribution < 1.29 is 14.8 Å². The fourth-order valence-electron chi connectivity index (χ4n) is 2.75. The van der Waals surface area contributed by atoms with E-state index >= 15 is 0 Å². The molecule has 1 heterocycles. The first-order chi connectivity index (χ1) is 9.98. The predicted octanol–water partition coefficient (Wildman–Crippen LogP) is 3.56. The molecule has 1 N–H and O–H groups in total. The molecule has 108 valence electrons. The second-order valence-electron chi connectivity index (χ2n) is 5.00. The quantitative estimate of drug-likeness (QED) is 0.534. The van der Waals surface area contributed by atoms with Crippen LogP contribution in [0.25, 0.3) is 10.8 Å². The Morgan fingerprint density at radius 2 is 2.33 bits per heavy atom. The Morgan fingerprint density at radius 3 is 3.00 bits per heavy atom. The van der Waals surface area contributed by atoms with Crippen molar-refractivity contribution in [1.29, 1.82) is 0 Å². The van der Waals surface area contributed by atoms with E-state index in [0.29, 0.717) is 22.1 Å². The van der Waals surface area contributed by atoms with Gasteiger partial charge in [0.25, 0.3) is 5.69 Å². The van der Waals surface area contributed by atoms with E-state index < -0.39 is 10.5 Å². The lowest BCUT2D eigenvalue weighted by Gasteiger charge is -2.33. The topological polar surface area (TPSA) is 72.6 Å². The summed E-state index contributed by atoms with van der Waals surface area (Å²) >= 11 is 6.10. The number of rotatable bonds is 3. The van der Waals surface area contributed by atoms with E-state index in [2.05, 4.69) is 6.58 Å². The van der Waals surface area contributed by atoms with Gasteiger partial charge in [-0.1, -0.05) is 29.8 Å². The molecule has 1 unspecified atom stereocenters. The summed E-state index contributed by atoms with van der Waals surface area (Å²) in [5, 5.41) is 23.0. The van der Waals surface area contributed by atoms with Crippen molar-refractivity contribution in [2.24, 2.45) is 0 Å². The Kier molecular flexibility index (Phi) is 3.11. The molecular formula is C15H12ClNO4. The minimum absolute atomic E-state index is 0.0304. The average molecular weight is 306 g/mol. The second kappa shape index (κ2) is 4.72. The highest BCUT2D eigenvalue weighted by molar-refractivity contribution is 6.34. The average Bonchev–Trinajstić information content (AvgIpc) is 2.44. The lowest BCUT2D eigenvalue weighted by molar-refractivity contribution is -0.383. The number of nitro groups is 1. The van der Waals surface area contributed by atoms with Crippen molar-refractivity contribution in [3.8, 4) is 5.75 Å². The van der Waals surface area contributed by atoms with Crippen molar-refractivity contribution in [3.05, 3.63) is 57.6 Å². The number of nitro benzene ring substituents is 1.